The topological polar surface area (TPSA) is 36.4 Å². The quantitative estimate of drug-likeness (QED) is 0.862. The number of benzene rings is 1. The fourth-order valence-corrected chi connectivity index (χ4v) is 4.48. The third-order valence-electron chi connectivity index (χ3n) is 4.67. The zero-order chi connectivity index (χ0) is 16.0. The van der Waals surface area contributed by atoms with Crippen molar-refractivity contribution in [2.24, 2.45) is 0 Å². The minimum absolute atomic E-state index is 0.189. The fraction of sp³-hybridized carbons (Fsp3) is 0.444. The van der Waals surface area contributed by atoms with Gasteiger partial charge in [-0.15, -0.1) is 11.3 Å². The van der Waals surface area contributed by atoms with Gasteiger partial charge in [-0.1, -0.05) is 12.1 Å². The molecule has 0 N–H and O–H groups in total. The smallest absolute Gasteiger partial charge is 0.231 e. The molecule has 2 aliphatic rings. The van der Waals surface area contributed by atoms with Crippen LogP contribution in [0.5, 0.6) is 0 Å². The number of hydrogen-bond acceptors (Lipinski definition) is 4. The molecule has 4 rings (SSSR count). The highest BCUT2D eigenvalue weighted by Gasteiger charge is 2.31. The monoisotopic (exact) mass is 327 g/mol. The first-order chi connectivity index (χ1) is 11.1. The number of rotatable bonds is 3. The highest BCUT2D eigenvalue weighted by atomic mass is 32.1. The van der Waals surface area contributed by atoms with Crippen molar-refractivity contribution in [1.29, 1.82) is 0 Å². The number of thiazole rings is 1. The van der Waals surface area contributed by atoms with Crippen LogP contribution in [0.15, 0.2) is 23.6 Å². The summed E-state index contributed by atoms with van der Waals surface area (Å²) in [7, 11) is 0. The molecule has 120 valence electrons. The van der Waals surface area contributed by atoms with Crippen LogP contribution in [0.1, 0.15) is 32.3 Å². The van der Waals surface area contributed by atoms with E-state index in [1.54, 1.807) is 11.3 Å². The van der Waals surface area contributed by atoms with E-state index < -0.39 is 0 Å². The third kappa shape index (κ3) is 2.43. The van der Waals surface area contributed by atoms with Crippen molar-refractivity contribution in [2.75, 3.05) is 22.9 Å². The van der Waals surface area contributed by atoms with Gasteiger partial charge < -0.3 is 9.80 Å². The molecule has 0 spiro atoms. The molecule has 2 aromatic rings. The highest BCUT2D eigenvalue weighted by molar-refractivity contribution is 7.14. The minimum atomic E-state index is 0.189. The molecule has 2 aliphatic heterocycles. The van der Waals surface area contributed by atoms with Gasteiger partial charge in [-0.3, -0.25) is 4.79 Å². The van der Waals surface area contributed by atoms with E-state index in [9.17, 15) is 4.79 Å². The molecule has 0 unspecified atom stereocenters. The van der Waals surface area contributed by atoms with Crippen molar-refractivity contribution in [3.63, 3.8) is 0 Å². The Labute approximate surface area is 140 Å². The van der Waals surface area contributed by atoms with Crippen LogP contribution in [0.4, 0.5) is 10.8 Å². The molecule has 0 saturated carbocycles. The molecule has 3 heterocycles. The van der Waals surface area contributed by atoms with Crippen LogP contribution in [0.2, 0.25) is 0 Å². The van der Waals surface area contributed by atoms with Gasteiger partial charge in [0.25, 0.3) is 0 Å². The lowest BCUT2D eigenvalue weighted by molar-refractivity contribution is -0.117. The SMILES string of the molecule is CC(C)N1C(=O)Cc2c(-c3csc(N4CCCC4)n3)cccc21. The van der Waals surface area contributed by atoms with E-state index in [0.717, 1.165) is 40.7 Å². The van der Waals surface area contributed by atoms with Crippen LogP contribution in [-0.2, 0) is 11.2 Å². The Morgan fingerprint density at radius 1 is 1.22 bits per heavy atom. The predicted octanol–water partition coefficient (Wildman–Crippen LogP) is 3.71. The summed E-state index contributed by atoms with van der Waals surface area (Å²) in [5.41, 5.74) is 4.30. The molecule has 23 heavy (non-hydrogen) atoms. The van der Waals surface area contributed by atoms with E-state index in [2.05, 4.69) is 36.3 Å². The van der Waals surface area contributed by atoms with E-state index in [1.807, 2.05) is 11.0 Å². The van der Waals surface area contributed by atoms with E-state index in [1.165, 1.54) is 12.8 Å². The molecule has 1 aromatic heterocycles. The van der Waals surface area contributed by atoms with Crippen LogP contribution in [-0.4, -0.2) is 30.0 Å². The summed E-state index contributed by atoms with van der Waals surface area (Å²) in [5, 5.41) is 3.24. The van der Waals surface area contributed by atoms with Crippen LogP contribution in [0.25, 0.3) is 11.3 Å². The van der Waals surface area contributed by atoms with Crippen LogP contribution in [0.3, 0.4) is 0 Å². The van der Waals surface area contributed by atoms with E-state index in [-0.39, 0.29) is 11.9 Å². The number of carbonyl (C=O) groups is 1. The molecule has 0 bridgehead atoms. The van der Waals surface area contributed by atoms with Gasteiger partial charge in [0.15, 0.2) is 5.13 Å². The maximum Gasteiger partial charge on any atom is 0.231 e. The highest BCUT2D eigenvalue weighted by Crippen LogP contribution is 2.39. The van der Waals surface area contributed by atoms with Crippen molar-refractivity contribution in [3.8, 4) is 11.3 Å². The summed E-state index contributed by atoms with van der Waals surface area (Å²) in [4.78, 5) is 21.5. The van der Waals surface area contributed by atoms with Gasteiger partial charge in [-0.25, -0.2) is 4.98 Å². The largest absolute Gasteiger partial charge is 0.348 e. The molecular formula is C18H21N3OS. The standard InChI is InChI=1S/C18H21N3OS/c1-12(2)21-16-7-5-6-13(14(16)10-17(21)22)15-11-23-18(19-15)20-8-3-4-9-20/h5-7,11-12H,3-4,8-10H2,1-2H3. The molecule has 1 saturated heterocycles. The molecule has 0 aliphatic carbocycles. The summed E-state index contributed by atoms with van der Waals surface area (Å²) < 4.78 is 0. The summed E-state index contributed by atoms with van der Waals surface area (Å²) >= 11 is 1.71. The van der Waals surface area contributed by atoms with Crippen LogP contribution < -0.4 is 9.80 Å². The van der Waals surface area contributed by atoms with Crippen molar-refractivity contribution in [2.45, 2.75) is 39.2 Å². The second-order valence-corrected chi connectivity index (χ2v) is 7.38. The minimum Gasteiger partial charge on any atom is -0.348 e. The number of fused-ring (bicyclic) bond motifs is 1. The maximum atomic E-state index is 12.4. The number of amides is 1. The molecule has 1 aromatic carbocycles. The van der Waals surface area contributed by atoms with Gasteiger partial charge in [0, 0.05) is 35.8 Å². The normalized spacial score (nSPS) is 17.4. The molecule has 1 fully saturated rings. The van der Waals surface area contributed by atoms with Crippen LogP contribution >= 0.6 is 11.3 Å². The summed E-state index contributed by atoms with van der Waals surface area (Å²) in [6, 6.07) is 6.38. The Balaban J connectivity index is 1.72. The maximum absolute atomic E-state index is 12.4. The second kappa shape index (κ2) is 5.64. The van der Waals surface area contributed by atoms with Crippen molar-refractivity contribution in [1.82, 2.24) is 4.98 Å². The summed E-state index contributed by atoms with van der Waals surface area (Å²) in [6.07, 6.45) is 3.00. The van der Waals surface area contributed by atoms with E-state index in [4.69, 9.17) is 4.98 Å². The van der Waals surface area contributed by atoms with Gasteiger partial charge in [-0.05, 0) is 38.3 Å². The lowest BCUT2D eigenvalue weighted by Gasteiger charge is -2.22. The van der Waals surface area contributed by atoms with Gasteiger partial charge in [0.2, 0.25) is 5.91 Å². The first-order valence-corrected chi connectivity index (χ1v) is 9.18. The van der Waals surface area contributed by atoms with Crippen molar-refractivity contribution in [3.05, 3.63) is 29.1 Å². The molecule has 0 atom stereocenters. The number of nitrogens with zero attached hydrogens (tertiary/aromatic N) is 3. The van der Waals surface area contributed by atoms with Crippen LogP contribution in [0, 0.1) is 0 Å². The predicted molar refractivity (Wildman–Crippen MR) is 95.3 cm³/mol. The molecule has 0 radical (unpaired) electrons. The van der Waals surface area contributed by atoms with Gasteiger partial charge in [-0.2, -0.15) is 0 Å². The Morgan fingerprint density at radius 2 is 2.00 bits per heavy atom. The molecular weight excluding hydrogens is 306 g/mol. The zero-order valence-electron chi connectivity index (χ0n) is 13.6. The molecule has 1 amide bonds. The van der Waals surface area contributed by atoms with Gasteiger partial charge in [0.05, 0.1) is 12.1 Å². The second-order valence-electron chi connectivity index (χ2n) is 6.55. The van der Waals surface area contributed by atoms with Gasteiger partial charge >= 0.3 is 0 Å². The zero-order valence-corrected chi connectivity index (χ0v) is 14.4. The Bertz CT molecular complexity index is 746. The van der Waals surface area contributed by atoms with Crippen molar-refractivity contribution < 1.29 is 4.79 Å². The third-order valence-corrected chi connectivity index (χ3v) is 5.57. The Hall–Kier alpha value is -1.88. The average molecular weight is 327 g/mol. The Morgan fingerprint density at radius 3 is 2.74 bits per heavy atom. The molecule has 5 heteroatoms. The number of anilines is 2. The molecule has 4 nitrogen and oxygen atoms in total. The summed E-state index contributed by atoms with van der Waals surface area (Å²) in [6.45, 7) is 6.35. The fourth-order valence-electron chi connectivity index (χ4n) is 3.60. The number of hydrogen-bond donors (Lipinski definition) is 0. The number of carbonyl (C=O) groups excluding carboxylic acids is 1. The lowest BCUT2D eigenvalue weighted by Crippen LogP contribution is -2.33. The average Bonchev–Trinajstić information content (AvgIpc) is 3.24. The van der Waals surface area contributed by atoms with Crippen molar-refractivity contribution >= 4 is 28.1 Å². The van der Waals surface area contributed by atoms with E-state index >= 15 is 0 Å². The van der Waals surface area contributed by atoms with E-state index in [0.29, 0.717) is 6.42 Å². The Kier molecular flexibility index (Phi) is 3.60. The summed E-state index contributed by atoms with van der Waals surface area (Å²) in [5.74, 6) is 0.192. The van der Waals surface area contributed by atoms with Gasteiger partial charge in [0.1, 0.15) is 0 Å². The first-order valence-electron chi connectivity index (χ1n) is 8.30. The lowest BCUT2D eigenvalue weighted by atomic mass is 10.0. The first kappa shape index (κ1) is 14.7. The number of aromatic nitrogens is 1.